The Balaban J connectivity index is 0.838. The molecule has 41 rings (SSSR count). The van der Waals surface area contributed by atoms with Gasteiger partial charge < -0.3 is 37.9 Å². The van der Waals surface area contributed by atoms with Crippen molar-refractivity contribution in [3.63, 3.8) is 0 Å². The Labute approximate surface area is 810 Å². The summed E-state index contributed by atoms with van der Waals surface area (Å²) >= 11 is 0. The second kappa shape index (κ2) is 33.1. The van der Waals surface area contributed by atoms with E-state index in [9.17, 15) is 0 Å². The van der Waals surface area contributed by atoms with Gasteiger partial charge in [-0.05, 0) is 395 Å². The van der Waals surface area contributed by atoms with Gasteiger partial charge in [0.25, 0.3) is 0 Å². The summed E-state index contributed by atoms with van der Waals surface area (Å²) in [6.07, 6.45) is 0. The van der Waals surface area contributed by atoms with Gasteiger partial charge in [0.15, 0.2) is 0 Å². The van der Waals surface area contributed by atoms with Crippen LogP contribution in [-0.2, 0) is 5.41 Å². The molecule has 0 atom stereocenters. The van der Waals surface area contributed by atoms with Gasteiger partial charge in [-0.1, -0.05) is 243 Å². The minimum atomic E-state index is -0.906. The zero-order chi connectivity index (χ0) is 96.3. The van der Waals surface area contributed by atoms with Crippen molar-refractivity contribution in [2.24, 2.45) is 0 Å². The fourth-order valence-corrected chi connectivity index (χ4v) is 20.0. The third-order valence-electron chi connectivity index (χ3n) is 25.5. The lowest BCUT2D eigenvalue weighted by atomic mass is 9.69. The molecule has 0 amide bonds. The SMILES string of the molecule is CC(C)(C)Oc1cc2c(OC(C)(C)C)cc1-c1ccc(cc1)-c1ccc(cc1)-c1cc(OC(C)(C)C)c(cc1OC(C)(C)C)-c1ccc(cc1)-c1ccc3c(c1)C14c5cc(ccc5-c5ccc(cc51)-c1ccc(cc1)-c1cc(OC(C)(C)C)c(cc1OC(C)(C)C)-c1ccc(cc1)-c1ccc(cc1)-c1cc(OC(C)(C)C)c(cc1OC(C)(C)C)-c1ccc(cc1)-c1ccc-3c4c1)-c1ccc-2cc1. The summed E-state index contributed by atoms with van der Waals surface area (Å²) in [6.45, 7) is 50.8. The molecule has 0 heterocycles. The van der Waals surface area contributed by atoms with Crippen LogP contribution in [0.2, 0.25) is 0 Å². The van der Waals surface area contributed by atoms with E-state index in [1.807, 2.05) is 0 Å². The van der Waals surface area contributed by atoms with Crippen molar-refractivity contribution >= 4 is 0 Å². The molecule has 0 aliphatic heterocycles. The molecule has 25 aliphatic rings. The molecule has 25 aliphatic carbocycles. The average Bonchev–Trinajstić information content (AvgIpc) is 1.50. The maximum absolute atomic E-state index is 7.12. The lowest BCUT2D eigenvalue weighted by Gasteiger charge is -2.32. The molecule has 0 saturated heterocycles. The molecule has 0 aromatic heterocycles. The van der Waals surface area contributed by atoms with E-state index >= 15 is 0 Å². The Morgan fingerprint density at radius 1 is 0.117 bits per heavy atom. The van der Waals surface area contributed by atoms with Gasteiger partial charge >= 0.3 is 0 Å². The highest BCUT2D eigenvalue weighted by atomic mass is 16.5. The van der Waals surface area contributed by atoms with Crippen LogP contribution in [0.5, 0.6) is 46.0 Å². The lowest BCUT2D eigenvalue weighted by Crippen LogP contribution is -2.26. The Morgan fingerprint density at radius 3 is 0.336 bits per heavy atom. The van der Waals surface area contributed by atoms with Crippen molar-refractivity contribution in [3.8, 4) is 224 Å². The van der Waals surface area contributed by atoms with Gasteiger partial charge in [0.05, 0.1) is 5.41 Å². The molecule has 137 heavy (non-hydrogen) atoms. The third kappa shape index (κ3) is 18.3. The quantitative estimate of drug-likeness (QED) is 0.149. The molecule has 1 spiro atoms. The molecule has 16 aromatic carbocycles. The van der Waals surface area contributed by atoms with Crippen molar-refractivity contribution in [2.45, 2.75) is 216 Å². The predicted octanol–water partition coefficient (Wildman–Crippen LogP) is 35.4. The van der Waals surface area contributed by atoms with Crippen LogP contribution in [0.1, 0.15) is 188 Å². The van der Waals surface area contributed by atoms with Gasteiger partial charge in [-0.3, -0.25) is 0 Å². The van der Waals surface area contributed by atoms with Crippen LogP contribution in [0.4, 0.5) is 0 Å². The monoisotopic (exact) mass is 1800 g/mol. The van der Waals surface area contributed by atoms with Crippen LogP contribution < -0.4 is 37.9 Å². The summed E-state index contributed by atoms with van der Waals surface area (Å²) in [6, 6.07) is 118. The van der Waals surface area contributed by atoms with Gasteiger partial charge in [-0.2, -0.15) is 0 Å². The largest absolute Gasteiger partial charge is 0.487 e. The normalized spacial score (nSPS) is 13.3. The summed E-state index contributed by atoms with van der Waals surface area (Å²) in [4.78, 5) is 0. The van der Waals surface area contributed by atoms with Crippen molar-refractivity contribution in [1.82, 2.24) is 0 Å². The van der Waals surface area contributed by atoms with Crippen molar-refractivity contribution < 1.29 is 37.9 Å². The molecule has 0 fully saturated rings. The molecule has 0 N–H and O–H groups in total. The van der Waals surface area contributed by atoms with Crippen LogP contribution in [0.3, 0.4) is 0 Å². The van der Waals surface area contributed by atoms with Crippen molar-refractivity contribution in [3.05, 3.63) is 338 Å². The van der Waals surface area contributed by atoms with Gasteiger partial charge in [-0.25, -0.2) is 0 Å². The van der Waals surface area contributed by atoms with Gasteiger partial charge in [0.1, 0.15) is 90.8 Å². The first-order valence-electron chi connectivity index (χ1n) is 48.4. The maximum atomic E-state index is 7.12. The Kier molecular flexibility index (Phi) is 21.9. The van der Waals surface area contributed by atoms with Crippen LogP contribution in [0.25, 0.3) is 178 Å². The molecule has 0 radical (unpaired) electrons. The second-order valence-electron chi connectivity index (χ2n) is 45.5. The van der Waals surface area contributed by atoms with E-state index in [-0.39, 0.29) is 0 Å². The zero-order valence-electron chi connectivity index (χ0n) is 83.8. The molecule has 8 heteroatoms. The first-order chi connectivity index (χ1) is 64.7. The van der Waals surface area contributed by atoms with Crippen LogP contribution in [-0.4, -0.2) is 44.8 Å². The fourth-order valence-electron chi connectivity index (χ4n) is 20.0. The highest BCUT2D eigenvalue weighted by molar-refractivity contribution is 6.00. The van der Waals surface area contributed by atoms with E-state index in [2.05, 4.69) is 482 Å². The van der Waals surface area contributed by atoms with Gasteiger partial charge in [0.2, 0.25) is 0 Å². The number of fused-ring (bicyclic) bond motifs is 4. The van der Waals surface area contributed by atoms with Crippen LogP contribution in [0.15, 0.2) is 315 Å². The molecular formula is C129H124O8. The molecule has 32 bridgehead atoms. The maximum Gasteiger partial charge on any atom is 0.128 e. The number of rotatable bonds is 8. The minimum absolute atomic E-state index is 0.536. The van der Waals surface area contributed by atoms with E-state index < -0.39 is 50.2 Å². The van der Waals surface area contributed by atoms with E-state index in [0.717, 1.165) is 202 Å². The van der Waals surface area contributed by atoms with Crippen LogP contribution >= 0.6 is 0 Å². The van der Waals surface area contributed by atoms with E-state index in [1.165, 1.54) is 44.5 Å². The fraction of sp³-hybridized carbons (Fsp3) is 0.256. The summed E-state index contributed by atoms with van der Waals surface area (Å²) in [5.41, 5.74) is 32.8. The first kappa shape index (κ1) is 90.7. The zero-order valence-corrected chi connectivity index (χ0v) is 83.8. The molecule has 16 aromatic rings. The van der Waals surface area contributed by atoms with Crippen molar-refractivity contribution in [2.75, 3.05) is 0 Å². The number of hydrogen-bond acceptors (Lipinski definition) is 8. The highest BCUT2D eigenvalue weighted by Crippen LogP contribution is 2.65. The number of hydrogen-bond donors (Lipinski definition) is 0. The lowest BCUT2D eigenvalue weighted by molar-refractivity contribution is 0.126. The average molecular weight is 1800 g/mol. The summed E-state index contributed by atoms with van der Waals surface area (Å²) in [5.74, 6) is 6.09. The van der Waals surface area contributed by atoms with E-state index in [4.69, 9.17) is 37.9 Å². The molecule has 688 valence electrons. The first-order valence-corrected chi connectivity index (χ1v) is 48.4. The minimum Gasteiger partial charge on any atom is -0.487 e. The molecule has 0 saturated carbocycles. The Hall–Kier alpha value is -14.1. The van der Waals surface area contributed by atoms with Gasteiger partial charge in [0, 0.05) is 44.5 Å². The predicted molar refractivity (Wildman–Crippen MR) is 569 cm³/mol. The van der Waals surface area contributed by atoms with Gasteiger partial charge in [-0.15, -0.1) is 0 Å². The van der Waals surface area contributed by atoms with Crippen LogP contribution in [0, 0.1) is 0 Å². The number of benzene rings is 16. The van der Waals surface area contributed by atoms with Crippen molar-refractivity contribution in [1.29, 1.82) is 0 Å². The Morgan fingerprint density at radius 2 is 0.219 bits per heavy atom. The Bertz CT molecular complexity index is 6510. The van der Waals surface area contributed by atoms with E-state index in [1.54, 1.807) is 0 Å². The third-order valence-corrected chi connectivity index (χ3v) is 25.5. The topological polar surface area (TPSA) is 73.8 Å². The summed E-state index contributed by atoms with van der Waals surface area (Å²) < 4.78 is 56.8. The molecular weight excluding hydrogens is 1680 g/mol. The second-order valence-corrected chi connectivity index (χ2v) is 45.5. The highest BCUT2D eigenvalue weighted by Gasteiger charge is 2.53. The molecule has 0 unspecified atom stereocenters. The molecule has 8 nitrogen and oxygen atoms in total. The summed E-state index contributed by atoms with van der Waals surface area (Å²) in [7, 11) is 0. The number of ether oxygens (including phenoxy) is 8. The summed E-state index contributed by atoms with van der Waals surface area (Å²) in [5, 5.41) is 0. The standard InChI is InChI=1S/C129H124O8/c1-121(2,3)130-113-73-105-89-49-33-81(34-50-89)93-57-61-97-98-62-58-94-66-110(98)129(109(97)65-93)111-67-95(83-35-51-90(52-36-83)106-74-114(131-122(4,5)6)102(70-118(106)135-126(16,17)18)86-43-27-78(28-44-86)77-25-41-85(42-26-77)101(113)69-117(105)134-125(13,14)15)59-63-99(111)100-64-60-96(68-112(100)129)84-39-55-92(56-40-84)108-76-116(133-124(10,11)12)104(72-120(108)137-128(22,23)24)88-47-31-80(32-48-88)79-29-45-87(46-30-79)103-71-119(136-127(19,20)21)107(75-115(103)132-123(7,8)9)91-53-37-82(94)38-54-91/h25-76H,1-24H3. The smallest absolute Gasteiger partial charge is 0.128 e. The van der Waals surface area contributed by atoms with E-state index in [0.29, 0.717) is 0 Å².